The van der Waals surface area contributed by atoms with Crippen molar-refractivity contribution in [3.8, 4) is 78.7 Å². The summed E-state index contributed by atoms with van der Waals surface area (Å²) >= 11 is 1.94. The minimum absolute atomic E-state index is 0.431. The lowest BCUT2D eigenvalue weighted by atomic mass is 9.73. The molecule has 0 saturated carbocycles. The summed E-state index contributed by atoms with van der Waals surface area (Å²) in [7, 11) is 0. The number of hydrogen-bond acceptors (Lipinski definition) is 4. The molecule has 4 heteroatoms. The van der Waals surface area contributed by atoms with Gasteiger partial charge < -0.3 is 0 Å². The van der Waals surface area contributed by atoms with Crippen LogP contribution in [0.1, 0.15) is 21.6 Å². The van der Waals surface area contributed by atoms with Crippen molar-refractivity contribution in [1.82, 2.24) is 15.0 Å². The van der Waals surface area contributed by atoms with E-state index in [0.29, 0.717) is 17.5 Å². The van der Waals surface area contributed by atoms with Crippen LogP contribution >= 0.6 is 11.3 Å². The second-order valence-electron chi connectivity index (χ2n) is 15.1. The monoisotopic (exact) mass is 755 g/mol. The molecule has 10 aromatic rings. The SMILES string of the molecule is c1ccc(-c2ccc(-c3nc(-c4ccccc4)nc(-c4ccccc4-c4ccc5c(c4)C4(c6ccccc6-c6ccccc64)c4sc6ccccc6c4-5)n3)cc2)cc1. The van der Waals surface area contributed by atoms with Crippen LogP contribution < -0.4 is 0 Å². The summed E-state index contributed by atoms with van der Waals surface area (Å²) in [6, 6.07) is 71.8. The fourth-order valence-electron chi connectivity index (χ4n) is 9.42. The average Bonchev–Trinajstić information content (AvgIpc) is 3.93. The first-order valence-corrected chi connectivity index (χ1v) is 20.5. The lowest BCUT2D eigenvalue weighted by molar-refractivity contribution is 0.812. The number of aromatic nitrogens is 3. The van der Waals surface area contributed by atoms with Crippen molar-refractivity contribution in [2.45, 2.75) is 5.41 Å². The van der Waals surface area contributed by atoms with Crippen molar-refractivity contribution in [3.05, 3.63) is 222 Å². The van der Waals surface area contributed by atoms with Gasteiger partial charge in [0, 0.05) is 37.2 Å². The fourth-order valence-corrected chi connectivity index (χ4v) is 10.9. The van der Waals surface area contributed by atoms with Gasteiger partial charge in [-0.1, -0.05) is 188 Å². The predicted octanol–water partition coefficient (Wildman–Crippen LogP) is 13.8. The summed E-state index contributed by atoms with van der Waals surface area (Å²) in [6.07, 6.45) is 0. The Morgan fingerprint density at radius 1 is 0.328 bits per heavy atom. The zero-order chi connectivity index (χ0) is 38.2. The Kier molecular flexibility index (Phi) is 7.31. The highest BCUT2D eigenvalue weighted by Gasteiger charge is 2.53. The molecule has 2 aromatic heterocycles. The Morgan fingerprint density at radius 2 is 0.810 bits per heavy atom. The first-order chi connectivity index (χ1) is 28.8. The highest BCUT2D eigenvalue weighted by Crippen LogP contribution is 2.66. The molecule has 2 aliphatic carbocycles. The summed E-state index contributed by atoms with van der Waals surface area (Å²) in [5, 5.41) is 1.32. The van der Waals surface area contributed by atoms with Gasteiger partial charge >= 0.3 is 0 Å². The first-order valence-electron chi connectivity index (χ1n) is 19.7. The van der Waals surface area contributed by atoms with E-state index in [0.717, 1.165) is 33.4 Å². The molecule has 0 bridgehead atoms. The Balaban J connectivity index is 1.06. The molecule has 1 spiro atoms. The van der Waals surface area contributed by atoms with Crippen LogP contribution in [0.5, 0.6) is 0 Å². The van der Waals surface area contributed by atoms with E-state index in [4.69, 9.17) is 15.0 Å². The Morgan fingerprint density at radius 3 is 1.50 bits per heavy atom. The van der Waals surface area contributed by atoms with Crippen molar-refractivity contribution in [2.24, 2.45) is 0 Å². The van der Waals surface area contributed by atoms with E-state index in [1.165, 1.54) is 59.5 Å². The quantitative estimate of drug-likeness (QED) is 0.176. The maximum Gasteiger partial charge on any atom is 0.164 e. The second kappa shape index (κ2) is 12.9. The molecule has 2 aliphatic rings. The molecule has 3 nitrogen and oxygen atoms in total. The van der Waals surface area contributed by atoms with Gasteiger partial charge in [-0.3, -0.25) is 0 Å². The van der Waals surface area contributed by atoms with Gasteiger partial charge in [-0.25, -0.2) is 15.0 Å². The van der Waals surface area contributed by atoms with Crippen LogP contribution in [0.15, 0.2) is 200 Å². The molecule has 0 saturated heterocycles. The van der Waals surface area contributed by atoms with Gasteiger partial charge in [0.05, 0.1) is 5.41 Å². The average molecular weight is 756 g/mol. The number of thiophene rings is 1. The minimum Gasteiger partial charge on any atom is -0.208 e. The molecule has 0 N–H and O–H groups in total. The summed E-state index contributed by atoms with van der Waals surface area (Å²) in [5.41, 5.74) is 16.2. The van der Waals surface area contributed by atoms with Crippen molar-refractivity contribution in [1.29, 1.82) is 0 Å². The van der Waals surface area contributed by atoms with Crippen molar-refractivity contribution in [3.63, 3.8) is 0 Å². The summed E-state index contributed by atoms with van der Waals surface area (Å²) in [6.45, 7) is 0. The third-order valence-electron chi connectivity index (χ3n) is 12.0. The second-order valence-corrected chi connectivity index (χ2v) is 16.1. The number of hydrogen-bond donors (Lipinski definition) is 0. The molecule has 0 amide bonds. The molecule has 270 valence electrons. The lowest BCUT2D eigenvalue weighted by Gasteiger charge is -2.29. The smallest absolute Gasteiger partial charge is 0.164 e. The van der Waals surface area contributed by atoms with Crippen molar-refractivity contribution in [2.75, 3.05) is 0 Å². The van der Waals surface area contributed by atoms with E-state index in [1.54, 1.807) is 0 Å². The van der Waals surface area contributed by atoms with Gasteiger partial charge in [0.15, 0.2) is 17.5 Å². The highest BCUT2D eigenvalue weighted by atomic mass is 32.1. The molecule has 12 rings (SSSR count). The number of benzene rings is 8. The summed E-state index contributed by atoms with van der Waals surface area (Å²) in [4.78, 5) is 16.9. The number of fused-ring (bicyclic) bond motifs is 12. The highest BCUT2D eigenvalue weighted by molar-refractivity contribution is 7.20. The fraction of sp³-hybridized carbons (Fsp3) is 0.0185. The molecule has 0 aliphatic heterocycles. The Labute approximate surface area is 340 Å². The van der Waals surface area contributed by atoms with Crippen LogP contribution in [0.25, 0.3) is 88.8 Å². The molecule has 0 radical (unpaired) electrons. The van der Waals surface area contributed by atoms with Gasteiger partial charge in [0.1, 0.15) is 0 Å². The van der Waals surface area contributed by atoms with E-state index in [1.807, 2.05) is 35.6 Å². The van der Waals surface area contributed by atoms with Crippen LogP contribution in [0, 0.1) is 0 Å². The van der Waals surface area contributed by atoms with Crippen LogP contribution in [-0.4, -0.2) is 15.0 Å². The number of rotatable bonds is 5. The largest absolute Gasteiger partial charge is 0.208 e. The maximum atomic E-state index is 5.23. The predicted molar refractivity (Wildman–Crippen MR) is 239 cm³/mol. The summed E-state index contributed by atoms with van der Waals surface area (Å²) < 4.78 is 1.32. The van der Waals surface area contributed by atoms with Gasteiger partial charge in [-0.05, 0) is 67.8 Å². The minimum atomic E-state index is -0.431. The van der Waals surface area contributed by atoms with Crippen molar-refractivity contribution < 1.29 is 0 Å². The molecule has 2 heterocycles. The van der Waals surface area contributed by atoms with Gasteiger partial charge in [0.2, 0.25) is 0 Å². The maximum absolute atomic E-state index is 5.23. The zero-order valence-corrected chi connectivity index (χ0v) is 32.1. The van der Waals surface area contributed by atoms with E-state index in [-0.39, 0.29) is 0 Å². The molecule has 58 heavy (non-hydrogen) atoms. The van der Waals surface area contributed by atoms with Crippen LogP contribution in [0.4, 0.5) is 0 Å². The van der Waals surface area contributed by atoms with E-state index in [9.17, 15) is 0 Å². The van der Waals surface area contributed by atoms with Crippen LogP contribution in [0.3, 0.4) is 0 Å². The van der Waals surface area contributed by atoms with E-state index in [2.05, 4.69) is 176 Å². The standard InChI is InChI=1S/C54H33N3S/c1-3-15-34(16-4-1)35-27-29-37(30-28-35)52-55-51(36-17-5-2-6-18-36)56-53(57-52)42-22-8-7-19-39(42)38-31-32-43-47(33-38)54(50-49(43)44-23-11-14-26-48(44)58-50)45-24-12-9-20-40(45)41-21-10-13-25-46(41)54/h1-33H. The van der Waals surface area contributed by atoms with E-state index >= 15 is 0 Å². The normalized spacial score (nSPS) is 13.0. The van der Waals surface area contributed by atoms with Crippen LogP contribution in [0.2, 0.25) is 0 Å². The zero-order valence-electron chi connectivity index (χ0n) is 31.3. The molecule has 8 aromatic carbocycles. The van der Waals surface area contributed by atoms with Gasteiger partial charge in [-0.15, -0.1) is 11.3 Å². The Bertz CT molecular complexity index is 3170. The van der Waals surface area contributed by atoms with Crippen LogP contribution in [-0.2, 0) is 5.41 Å². The Hall–Kier alpha value is -7.27. The lowest BCUT2D eigenvalue weighted by Crippen LogP contribution is -2.24. The molecular formula is C54H33N3S. The molecule has 0 fully saturated rings. The molecule has 0 unspecified atom stereocenters. The topological polar surface area (TPSA) is 38.7 Å². The first kappa shape index (κ1) is 32.9. The number of nitrogens with zero attached hydrogens (tertiary/aromatic N) is 3. The van der Waals surface area contributed by atoms with Crippen molar-refractivity contribution >= 4 is 21.4 Å². The van der Waals surface area contributed by atoms with Gasteiger partial charge in [0.25, 0.3) is 0 Å². The molecule has 0 atom stereocenters. The third kappa shape index (κ3) is 4.82. The summed E-state index contributed by atoms with van der Waals surface area (Å²) in [5.74, 6) is 1.93. The third-order valence-corrected chi connectivity index (χ3v) is 13.3. The molecular weight excluding hydrogens is 723 g/mol. The van der Waals surface area contributed by atoms with E-state index < -0.39 is 5.41 Å². The van der Waals surface area contributed by atoms with Gasteiger partial charge in [-0.2, -0.15) is 0 Å².